The zero-order valence-corrected chi connectivity index (χ0v) is 17.4. The molecule has 0 saturated carbocycles. The molecule has 0 unspecified atom stereocenters. The maximum atomic E-state index is 13.7. The van der Waals surface area contributed by atoms with E-state index in [0.717, 1.165) is 17.7 Å². The molecule has 5 nitrogen and oxygen atoms in total. The minimum absolute atomic E-state index is 0.0317. The second-order valence-corrected chi connectivity index (χ2v) is 8.94. The van der Waals surface area contributed by atoms with E-state index in [-0.39, 0.29) is 23.5 Å². The lowest BCUT2D eigenvalue weighted by atomic mass is 10.1. The van der Waals surface area contributed by atoms with Gasteiger partial charge in [0.1, 0.15) is 0 Å². The summed E-state index contributed by atoms with van der Waals surface area (Å²) >= 11 is 0. The van der Waals surface area contributed by atoms with Crippen molar-refractivity contribution in [3.05, 3.63) is 101 Å². The van der Waals surface area contributed by atoms with Gasteiger partial charge in [-0.25, -0.2) is 22.0 Å². The van der Waals surface area contributed by atoms with Crippen molar-refractivity contribution in [2.45, 2.75) is 24.3 Å². The van der Waals surface area contributed by atoms with Gasteiger partial charge in [0, 0.05) is 13.1 Å². The van der Waals surface area contributed by atoms with Crippen LogP contribution in [0.3, 0.4) is 0 Å². The zero-order chi connectivity index (χ0) is 22.4. The number of sulfonamides is 1. The average Bonchev–Trinajstić information content (AvgIpc) is 2.76. The Morgan fingerprint density at radius 3 is 2.16 bits per heavy atom. The fourth-order valence-corrected chi connectivity index (χ4v) is 4.61. The predicted octanol–water partition coefficient (Wildman–Crippen LogP) is 4.49. The van der Waals surface area contributed by atoms with Gasteiger partial charge in [-0.1, -0.05) is 42.5 Å². The van der Waals surface area contributed by atoms with E-state index < -0.39 is 27.6 Å². The third-order valence-corrected chi connectivity index (χ3v) is 6.65. The Kier molecular flexibility index (Phi) is 7.14. The fourth-order valence-electron chi connectivity index (χ4n) is 3.13. The lowest BCUT2D eigenvalue weighted by molar-refractivity contribution is 0.0697. The van der Waals surface area contributed by atoms with Gasteiger partial charge in [0.25, 0.3) is 0 Å². The molecule has 0 aliphatic heterocycles. The summed E-state index contributed by atoms with van der Waals surface area (Å²) in [5.74, 6) is -3.45. The smallest absolute Gasteiger partial charge is 0.335 e. The molecule has 0 aromatic heterocycles. The topological polar surface area (TPSA) is 74.7 Å². The van der Waals surface area contributed by atoms with Crippen LogP contribution in [0.4, 0.5) is 8.78 Å². The second kappa shape index (κ2) is 9.80. The normalized spacial score (nSPS) is 11.6. The van der Waals surface area contributed by atoms with E-state index in [9.17, 15) is 22.0 Å². The van der Waals surface area contributed by atoms with Crippen LogP contribution in [0.25, 0.3) is 0 Å². The molecule has 0 bridgehead atoms. The third kappa shape index (κ3) is 5.74. The van der Waals surface area contributed by atoms with E-state index in [1.165, 1.54) is 28.6 Å². The van der Waals surface area contributed by atoms with Gasteiger partial charge in [-0.15, -0.1) is 0 Å². The molecule has 0 amide bonds. The molecule has 3 aromatic carbocycles. The Hall–Kier alpha value is -3.10. The molecule has 0 fully saturated rings. The summed E-state index contributed by atoms with van der Waals surface area (Å²) in [5, 5.41) is 9.04. The largest absolute Gasteiger partial charge is 0.478 e. The standard InChI is InChI=1S/C23H21F2NO4S/c24-21-13-12-20(15-22(21)25)31(29,30)26(14-4-7-17-5-2-1-3-6-17)16-18-8-10-19(11-9-18)23(27)28/h1-3,5-6,8-13,15H,4,7,14,16H2,(H,27,28). The molecule has 162 valence electrons. The molecule has 3 rings (SSSR count). The zero-order valence-electron chi connectivity index (χ0n) is 16.5. The Balaban J connectivity index is 1.84. The first kappa shape index (κ1) is 22.6. The highest BCUT2D eigenvalue weighted by Gasteiger charge is 2.25. The monoisotopic (exact) mass is 445 g/mol. The van der Waals surface area contributed by atoms with E-state index >= 15 is 0 Å². The lowest BCUT2D eigenvalue weighted by Gasteiger charge is -2.22. The molecule has 0 saturated heterocycles. The third-order valence-electron chi connectivity index (χ3n) is 4.80. The van der Waals surface area contributed by atoms with Gasteiger partial charge in [-0.2, -0.15) is 4.31 Å². The van der Waals surface area contributed by atoms with E-state index in [2.05, 4.69) is 0 Å². The van der Waals surface area contributed by atoms with Crippen molar-refractivity contribution < 1.29 is 27.1 Å². The number of benzene rings is 3. The number of aryl methyl sites for hydroxylation is 1. The molecule has 0 atom stereocenters. The summed E-state index contributed by atoms with van der Waals surface area (Å²) in [7, 11) is -4.11. The summed E-state index contributed by atoms with van der Waals surface area (Å²) in [5.41, 5.74) is 1.72. The van der Waals surface area contributed by atoms with Crippen LogP contribution in [0.2, 0.25) is 0 Å². The SMILES string of the molecule is O=C(O)c1ccc(CN(CCCc2ccccc2)S(=O)(=O)c2ccc(F)c(F)c2)cc1. The van der Waals surface area contributed by atoms with Crippen LogP contribution in [0, 0.1) is 11.6 Å². The van der Waals surface area contributed by atoms with Crippen LogP contribution < -0.4 is 0 Å². The van der Waals surface area contributed by atoms with Crippen LogP contribution in [-0.2, 0) is 23.0 Å². The summed E-state index contributed by atoms with van der Waals surface area (Å²) < 4.78 is 54.5. The molecule has 0 heterocycles. The van der Waals surface area contributed by atoms with E-state index in [4.69, 9.17) is 5.11 Å². The highest BCUT2D eigenvalue weighted by Crippen LogP contribution is 2.22. The van der Waals surface area contributed by atoms with Crippen molar-refractivity contribution in [3.63, 3.8) is 0 Å². The number of aromatic carboxylic acids is 1. The Labute approximate surface area is 179 Å². The minimum Gasteiger partial charge on any atom is -0.478 e. The quantitative estimate of drug-likeness (QED) is 0.527. The number of hydrogen-bond donors (Lipinski definition) is 1. The van der Waals surface area contributed by atoms with Gasteiger partial charge < -0.3 is 5.11 Å². The van der Waals surface area contributed by atoms with E-state index in [0.29, 0.717) is 24.5 Å². The first-order valence-electron chi connectivity index (χ1n) is 9.59. The minimum atomic E-state index is -4.11. The molecule has 0 radical (unpaired) electrons. The molecular formula is C23H21F2NO4S. The van der Waals surface area contributed by atoms with E-state index in [1.54, 1.807) is 0 Å². The van der Waals surface area contributed by atoms with Crippen molar-refractivity contribution in [1.29, 1.82) is 0 Å². The molecule has 0 aliphatic carbocycles. The number of rotatable bonds is 9. The summed E-state index contributed by atoms with van der Waals surface area (Å²) in [6.07, 6.45) is 1.16. The number of halogens is 2. The highest BCUT2D eigenvalue weighted by molar-refractivity contribution is 7.89. The van der Waals surface area contributed by atoms with Crippen molar-refractivity contribution in [3.8, 4) is 0 Å². The number of nitrogens with zero attached hydrogens (tertiary/aromatic N) is 1. The number of carbonyl (C=O) groups is 1. The predicted molar refractivity (Wildman–Crippen MR) is 112 cm³/mol. The van der Waals surface area contributed by atoms with Gasteiger partial charge in [0.15, 0.2) is 11.6 Å². The maximum Gasteiger partial charge on any atom is 0.335 e. The van der Waals surface area contributed by atoms with Gasteiger partial charge in [0.2, 0.25) is 10.0 Å². The van der Waals surface area contributed by atoms with Crippen LogP contribution in [0.1, 0.15) is 27.9 Å². The second-order valence-electron chi connectivity index (χ2n) is 7.01. The maximum absolute atomic E-state index is 13.7. The van der Waals surface area contributed by atoms with Crippen molar-refractivity contribution in [2.75, 3.05) is 6.54 Å². The molecule has 8 heteroatoms. The molecule has 1 N–H and O–H groups in total. The van der Waals surface area contributed by atoms with Crippen molar-refractivity contribution in [2.24, 2.45) is 0 Å². The molecule has 31 heavy (non-hydrogen) atoms. The molecular weight excluding hydrogens is 424 g/mol. The Bertz CT molecular complexity index is 1150. The van der Waals surface area contributed by atoms with Crippen LogP contribution in [-0.4, -0.2) is 30.3 Å². The van der Waals surface area contributed by atoms with E-state index in [1.807, 2.05) is 30.3 Å². The van der Waals surface area contributed by atoms with Crippen molar-refractivity contribution >= 4 is 16.0 Å². The van der Waals surface area contributed by atoms with Crippen LogP contribution in [0.15, 0.2) is 77.7 Å². The lowest BCUT2D eigenvalue weighted by Crippen LogP contribution is -2.32. The van der Waals surface area contributed by atoms with Gasteiger partial charge in [-0.3, -0.25) is 0 Å². The summed E-state index contributed by atoms with van der Waals surface area (Å²) in [6.45, 7) is 0.118. The van der Waals surface area contributed by atoms with Gasteiger partial charge >= 0.3 is 5.97 Å². The summed E-state index contributed by atoms with van der Waals surface area (Å²) in [6, 6.07) is 17.9. The number of carboxylic acid groups (broad SMARTS) is 1. The molecule has 3 aromatic rings. The Morgan fingerprint density at radius 2 is 1.55 bits per heavy atom. The number of hydrogen-bond acceptors (Lipinski definition) is 3. The van der Waals surface area contributed by atoms with Crippen LogP contribution in [0.5, 0.6) is 0 Å². The van der Waals surface area contributed by atoms with Crippen molar-refractivity contribution in [1.82, 2.24) is 4.31 Å². The Morgan fingerprint density at radius 1 is 0.871 bits per heavy atom. The highest BCUT2D eigenvalue weighted by atomic mass is 32.2. The average molecular weight is 445 g/mol. The first-order chi connectivity index (χ1) is 14.8. The van der Waals surface area contributed by atoms with Crippen LogP contribution >= 0.6 is 0 Å². The molecule has 0 spiro atoms. The van der Waals surface area contributed by atoms with Gasteiger partial charge in [0.05, 0.1) is 10.5 Å². The number of carboxylic acids is 1. The van der Waals surface area contributed by atoms with Gasteiger partial charge in [-0.05, 0) is 54.3 Å². The summed E-state index contributed by atoms with van der Waals surface area (Å²) in [4.78, 5) is 10.7. The molecule has 0 aliphatic rings. The fraction of sp³-hybridized carbons (Fsp3) is 0.174. The first-order valence-corrected chi connectivity index (χ1v) is 11.0.